The molecule has 1 saturated heterocycles. The van der Waals surface area contributed by atoms with E-state index < -0.39 is 29.0 Å². The van der Waals surface area contributed by atoms with Crippen molar-refractivity contribution in [3.05, 3.63) is 71.8 Å². The number of nitrogens with zero attached hydrogens (tertiary/aromatic N) is 2. The van der Waals surface area contributed by atoms with Gasteiger partial charge in [-0.05, 0) is 16.5 Å². The van der Waals surface area contributed by atoms with Crippen molar-refractivity contribution in [2.45, 2.75) is 39.5 Å². The number of esters is 1. The topological polar surface area (TPSA) is 87.2 Å². The SMILES string of the molecule is CC(C)(C)C1(C(=O)OCc2ccccc2)CN(Cc2ccccc2)C(=O)N1C(=O)O. The molecule has 1 fully saturated rings. The van der Waals surface area contributed by atoms with E-state index in [4.69, 9.17) is 4.74 Å². The molecule has 0 spiro atoms. The van der Waals surface area contributed by atoms with E-state index in [1.807, 2.05) is 60.7 Å². The lowest BCUT2D eigenvalue weighted by molar-refractivity contribution is -0.162. The fraction of sp³-hybridized carbons (Fsp3) is 0.348. The predicted octanol–water partition coefficient (Wildman–Crippen LogP) is 4.13. The van der Waals surface area contributed by atoms with E-state index in [1.54, 1.807) is 20.8 Å². The molecule has 3 amide bonds. The van der Waals surface area contributed by atoms with E-state index in [9.17, 15) is 19.5 Å². The fourth-order valence-electron chi connectivity index (χ4n) is 3.77. The van der Waals surface area contributed by atoms with Gasteiger partial charge in [-0.2, -0.15) is 0 Å². The van der Waals surface area contributed by atoms with Gasteiger partial charge >= 0.3 is 18.1 Å². The molecule has 0 aromatic heterocycles. The van der Waals surface area contributed by atoms with Crippen molar-refractivity contribution in [1.29, 1.82) is 0 Å². The van der Waals surface area contributed by atoms with E-state index >= 15 is 0 Å². The molecule has 2 aromatic rings. The minimum atomic E-state index is -1.67. The Morgan fingerprint density at radius 3 is 2.03 bits per heavy atom. The monoisotopic (exact) mass is 410 g/mol. The molecule has 7 heteroatoms. The summed E-state index contributed by atoms with van der Waals surface area (Å²) in [5, 5.41) is 9.87. The van der Waals surface area contributed by atoms with Gasteiger partial charge in [-0.1, -0.05) is 81.4 Å². The second-order valence-corrected chi connectivity index (χ2v) is 8.41. The number of amides is 3. The lowest BCUT2D eigenvalue weighted by atomic mass is 9.73. The van der Waals surface area contributed by atoms with Crippen molar-refractivity contribution < 1.29 is 24.2 Å². The van der Waals surface area contributed by atoms with Crippen LogP contribution in [0.15, 0.2) is 60.7 Å². The Balaban J connectivity index is 1.94. The van der Waals surface area contributed by atoms with Crippen LogP contribution in [0.2, 0.25) is 0 Å². The van der Waals surface area contributed by atoms with Gasteiger partial charge in [0.25, 0.3) is 0 Å². The number of carbonyl (C=O) groups is 3. The quantitative estimate of drug-likeness (QED) is 0.749. The zero-order valence-corrected chi connectivity index (χ0v) is 17.4. The summed E-state index contributed by atoms with van der Waals surface area (Å²) in [4.78, 5) is 40.5. The summed E-state index contributed by atoms with van der Waals surface area (Å²) < 4.78 is 5.55. The molecule has 0 aliphatic carbocycles. The van der Waals surface area contributed by atoms with Crippen molar-refractivity contribution in [2.24, 2.45) is 5.41 Å². The van der Waals surface area contributed by atoms with Crippen LogP contribution in [0.25, 0.3) is 0 Å². The average Bonchev–Trinajstić information content (AvgIpc) is 3.01. The number of hydrogen-bond donors (Lipinski definition) is 1. The molecule has 1 unspecified atom stereocenters. The van der Waals surface area contributed by atoms with Gasteiger partial charge in [0, 0.05) is 6.54 Å². The molecule has 0 saturated carbocycles. The maximum absolute atomic E-state index is 13.3. The van der Waals surface area contributed by atoms with E-state index in [1.165, 1.54) is 4.90 Å². The standard InChI is InChI=1S/C23H26N2O5/c1-22(2,3)23(19(26)30-15-18-12-8-5-9-13-18)16-24(20(27)25(23)21(28)29)14-17-10-6-4-7-11-17/h4-13H,14-16H2,1-3H3,(H,28,29). The van der Waals surface area contributed by atoms with Crippen LogP contribution in [-0.2, 0) is 22.7 Å². The molecular formula is C23H26N2O5. The molecule has 158 valence electrons. The summed E-state index contributed by atoms with van der Waals surface area (Å²) in [7, 11) is 0. The molecule has 1 heterocycles. The van der Waals surface area contributed by atoms with Crippen LogP contribution in [0.3, 0.4) is 0 Å². The smallest absolute Gasteiger partial charge is 0.416 e. The Labute approximate surface area is 175 Å². The van der Waals surface area contributed by atoms with Gasteiger partial charge in [-0.25, -0.2) is 19.3 Å². The second kappa shape index (κ2) is 8.18. The maximum atomic E-state index is 13.3. The number of urea groups is 1. The molecule has 0 radical (unpaired) electrons. The van der Waals surface area contributed by atoms with E-state index in [-0.39, 0.29) is 19.7 Å². The van der Waals surface area contributed by atoms with Gasteiger partial charge in [0.1, 0.15) is 6.61 Å². The van der Waals surface area contributed by atoms with E-state index in [0.29, 0.717) is 4.90 Å². The molecule has 3 rings (SSSR count). The summed E-state index contributed by atoms with van der Waals surface area (Å²) in [5.74, 6) is -0.731. The Bertz CT molecular complexity index is 924. The summed E-state index contributed by atoms with van der Waals surface area (Å²) in [6, 6.07) is 17.7. The molecule has 1 aliphatic heterocycles. The van der Waals surface area contributed by atoms with Crippen LogP contribution in [-0.4, -0.2) is 45.1 Å². The van der Waals surface area contributed by atoms with Crippen LogP contribution < -0.4 is 0 Å². The van der Waals surface area contributed by atoms with Crippen molar-refractivity contribution in [1.82, 2.24) is 9.80 Å². The van der Waals surface area contributed by atoms with Crippen LogP contribution >= 0.6 is 0 Å². The highest BCUT2D eigenvalue weighted by Gasteiger charge is 2.64. The Morgan fingerprint density at radius 1 is 1.00 bits per heavy atom. The number of ether oxygens (including phenoxy) is 1. The number of rotatable bonds is 5. The number of hydrogen-bond acceptors (Lipinski definition) is 4. The highest BCUT2D eigenvalue weighted by Crippen LogP contribution is 2.43. The molecule has 1 aliphatic rings. The molecule has 7 nitrogen and oxygen atoms in total. The normalized spacial score (nSPS) is 19.1. The van der Waals surface area contributed by atoms with Crippen molar-refractivity contribution >= 4 is 18.1 Å². The summed E-state index contributed by atoms with van der Waals surface area (Å²) >= 11 is 0. The van der Waals surface area contributed by atoms with Crippen molar-refractivity contribution in [3.8, 4) is 0 Å². The van der Waals surface area contributed by atoms with Gasteiger partial charge < -0.3 is 14.7 Å². The van der Waals surface area contributed by atoms with Gasteiger partial charge in [-0.3, -0.25) is 0 Å². The first kappa shape index (κ1) is 21.4. The first-order valence-electron chi connectivity index (χ1n) is 9.74. The highest BCUT2D eigenvalue weighted by atomic mass is 16.5. The molecule has 30 heavy (non-hydrogen) atoms. The number of imide groups is 1. The predicted molar refractivity (Wildman–Crippen MR) is 111 cm³/mol. The highest BCUT2D eigenvalue weighted by molar-refractivity contribution is 6.01. The maximum Gasteiger partial charge on any atom is 0.416 e. The van der Waals surface area contributed by atoms with Crippen LogP contribution in [0.4, 0.5) is 9.59 Å². The van der Waals surface area contributed by atoms with Crippen LogP contribution in [0, 0.1) is 5.41 Å². The zero-order valence-electron chi connectivity index (χ0n) is 17.4. The molecule has 1 N–H and O–H groups in total. The number of benzene rings is 2. The van der Waals surface area contributed by atoms with Crippen molar-refractivity contribution in [3.63, 3.8) is 0 Å². The van der Waals surface area contributed by atoms with Gasteiger partial charge in [0.15, 0.2) is 5.54 Å². The molecular weight excluding hydrogens is 384 g/mol. The zero-order chi connectivity index (χ0) is 21.9. The minimum Gasteiger partial charge on any atom is -0.465 e. The van der Waals surface area contributed by atoms with Crippen molar-refractivity contribution in [2.75, 3.05) is 6.54 Å². The Morgan fingerprint density at radius 2 is 1.53 bits per heavy atom. The third-order valence-electron chi connectivity index (χ3n) is 5.46. The number of carboxylic acid groups (broad SMARTS) is 1. The largest absolute Gasteiger partial charge is 0.465 e. The van der Waals surface area contributed by atoms with Gasteiger partial charge in [0.05, 0.1) is 6.54 Å². The minimum absolute atomic E-state index is 0.00214. The van der Waals surface area contributed by atoms with Gasteiger partial charge in [0.2, 0.25) is 0 Å². The third kappa shape index (κ3) is 3.87. The summed E-state index contributed by atoms with van der Waals surface area (Å²) in [6.07, 6.45) is -1.47. The average molecular weight is 410 g/mol. The van der Waals surface area contributed by atoms with Crippen LogP contribution in [0.5, 0.6) is 0 Å². The van der Waals surface area contributed by atoms with Gasteiger partial charge in [-0.15, -0.1) is 0 Å². The summed E-state index contributed by atoms with van der Waals surface area (Å²) in [5.41, 5.74) is -0.930. The Kier molecular flexibility index (Phi) is 5.82. The summed E-state index contributed by atoms with van der Waals surface area (Å²) in [6.45, 7) is 5.35. The second-order valence-electron chi connectivity index (χ2n) is 8.41. The molecule has 0 bridgehead atoms. The number of carbonyl (C=O) groups excluding carboxylic acids is 2. The van der Waals surface area contributed by atoms with Crippen LogP contribution in [0.1, 0.15) is 31.9 Å². The third-order valence-corrected chi connectivity index (χ3v) is 5.46. The first-order chi connectivity index (χ1) is 14.2. The molecule has 1 atom stereocenters. The van der Waals surface area contributed by atoms with E-state index in [2.05, 4.69) is 0 Å². The molecule has 2 aromatic carbocycles. The lowest BCUT2D eigenvalue weighted by Crippen LogP contribution is -2.63. The fourth-order valence-corrected chi connectivity index (χ4v) is 3.77. The lowest BCUT2D eigenvalue weighted by Gasteiger charge is -2.42. The Hall–Kier alpha value is -3.35. The first-order valence-corrected chi connectivity index (χ1v) is 9.74. The van der Waals surface area contributed by atoms with E-state index in [0.717, 1.165) is 11.1 Å².